The highest BCUT2D eigenvalue weighted by Crippen LogP contribution is 2.23. The lowest BCUT2D eigenvalue weighted by molar-refractivity contribution is 0.0614. The Labute approximate surface area is 108 Å². The van der Waals surface area contributed by atoms with E-state index in [4.69, 9.17) is 4.74 Å². The Hall–Kier alpha value is -1.43. The van der Waals surface area contributed by atoms with Crippen molar-refractivity contribution in [2.45, 2.75) is 26.4 Å². The molecule has 1 heterocycles. The van der Waals surface area contributed by atoms with Gasteiger partial charge in [0.25, 0.3) is 0 Å². The number of anilines is 1. The second kappa shape index (κ2) is 5.27. The summed E-state index contributed by atoms with van der Waals surface area (Å²) in [6.45, 7) is 5.29. The van der Waals surface area contributed by atoms with Crippen molar-refractivity contribution in [2.75, 3.05) is 3.93 Å². The van der Waals surface area contributed by atoms with Gasteiger partial charge in [0.1, 0.15) is 5.60 Å². The second-order valence-electron chi connectivity index (χ2n) is 4.31. The van der Waals surface area contributed by atoms with Crippen LogP contribution in [0.2, 0.25) is 0 Å². The summed E-state index contributed by atoms with van der Waals surface area (Å²) in [5.41, 5.74) is 0.0942. The minimum atomic E-state index is -0.600. The van der Waals surface area contributed by atoms with E-state index in [-0.39, 0.29) is 0 Å². The van der Waals surface area contributed by atoms with Crippen LogP contribution in [0.1, 0.15) is 31.1 Å². The average Bonchev–Trinajstić information content (AvgIpc) is 2.25. The predicted octanol–water partition coefficient (Wildman–Crippen LogP) is 2.95. The molecular formula is C11H13BrN2O3. The van der Waals surface area contributed by atoms with E-state index in [1.54, 1.807) is 26.8 Å². The Morgan fingerprint density at radius 2 is 2.18 bits per heavy atom. The monoisotopic (exact) mass is 300 g/mol. The molecule has 1 amide bonds. The topological polar surface area (TPSA) is 59.5 Å². The van der Waals surface area contributed by atoms with Gasteiger partial charge in [0.05, 0.1) is 27.4 Å². The van der Waals surface area contributed by atoms with Crippen molar-refractivity contribution >= 4 is 34.2 Å². The number of carbonyl (C=O) groups excluding carboxylic acids is 2. The van der Waals surface area contributed by atoms with Crippen molar-refractivity contribution in [3.8, 4) is 0 Å². The van der Waals surface area contributed by atoms with Crippen LogP contribution in [-0.2, 0) is 4.74 Å². The van der Waals surface area contributed by atoms with E-state index in [1.165, 1.54) is 12.4 Å². The maximum absolute atomic E-state index is 11.7. The van der Waals surface area contributed by atoms with Crippen molar-refractivity contribution in [1.29, 1.82) is 0 Å². The van der Waals surface area contributed by atoms with Crippen molar-refractivity contribution in [2.24, 2.45) is 0 Å². The first kappa shape index (κ1) is 13.6. The van der Waals surface area contributed by atoms with E-state index in [0.717, 1.165) is 3.93 Å². The van der Waals surface area contributed by atoms with Gasteiger partial charge in [0.15, 0.2) is 6.29 Å². The van der Waals surface area contributed by atoms with E-state index in [1.807, 2.05) is 0 Å². The first-order chi connectivity index (χ1) is 7.85. The molecule has 0 spiro atoms. The van der Waals surface area contributed by atoms with Crippen LogP contribution in [0.4, 0.5) is 10.5 Å². The molecule has 0 N–H and O–H groups in total. The number of hydrogen-bond donors (Lipinski definition) is 0. The lowest BCUT2D eigenvalue weighted by Gasteiger charge is -2.23. The summed E-state index contributed by atoms with van der Waals surface area (Å²) in [6.07, 6.45) is 2.90. The molecule has 0 atom stereocenters. The van der Waals surface area contributed by atoms with E-state index in [9.17, 15) is 9.59 Å². The van der Waals surface area contributed by atoms with Gasteiger partial charge < -0.3 is 4.74 Å². The molecule has 1 rings (SSSR count). The number of pyridine rings is 1. The lowest BCUT2D eigenvalue weighted by Crippen LogP contribution is -2.31. The molecule has 0 saturated carbocycles. The van der Waals surface area contributed by atoms with Gasteiger partial charge in [-0.1, -0.05) is 0 Å². The molecule has 0 fully saturated rings. The number of ether oxygens (including phenoxy) is 1. The minimum absolute atomic E-state index is 0.301. The number of nitrogens with zero attached hydrogens (tertiary/aromatic N) is 2. The number of aldehydes is 1. The van der Waals surface area contributed by atoms with E-state index in [2.05, 4.69) is 21.1 Å². The Bertz CT molecular complexity index is 429. The number of rotatable bonds is 2. The molecule has 0 aliphatic heterocycles. The summed E-state index contributed by atoms with van der Waals surface area (Å²) in [4.78, 5) is 26.3. The van der Waals surface area contributed by atoms with Crippen LogP contribution in [0.3, 0.4) is 0 Å². The zero-order chi connectivity index (χ0) is 13.1. The van der Waals surface area contributed by atoms with Gasteiger partial charge in [-0.15, -0.1) is 0 Å². The van der Waals surface area contributed by atoms with Gasteiger partial charge in [0, 0.05) is 12.4 Å². The number of amides is 1. The summed E-state index contributed by atoms with van der Waals surface area (Å²) in [5.74, 6) is 0. The fourth-order valence-electron chi connectivity index (χ4n) is 1.07. The Morgan fingerprint density at radius 1 is 1.53 bits per heavy atom. The summed E-state index contributed by atoms with van der Waals surface area (Å²) in [6, 6.07) is 1.54. The van der Waals surface area contributed by atoms with Crippen molar-refractivity contribution in [3.63, 3.8) is 0 Å². The van der Waals surface area contributed by atoms with Gasteiger partial charge in [-0.2, -0.15) is 0 Å². The van der Waals surface area contributed by atoms with Gasteiger partial charge in [-0.25, -0.2) is 8.72 Å². The van der Waals surface area contributed by atoms with Crippen LogP contribution in [0.15, 0.2) is 18.5 Å². The van der Waals surface area contributed by atoms with Crippen LogP contribution >= 0.6 is 16.1 Å². The van der Waals surface area contributed by atoms with Gasteiger partial charge in [-0.3, -0.25) is 9.78 Å². The highest BCUT2D eigenvalue weighted by atomic mass is 79.9. The Kier molecular flexibility index (Phi) is 4.22. The second-order valence-corrected chi connectivity index (χ2v) is 5.02. The van der Waals surface area contributed by atoms with Crippen LogP contribution in [0.5, 0.6) is 0 Å². The number of aromatic nitrogens is 1. The van der Waals surface area contributed by atoms with Crippen LogP contribution < -0.4 is 3.93 Å². The molecule has 0 radical (unpaired) electrons. The van der Waals surface area contributed by atoms with Crippen LogP contribution in [0, 0.1) is 0 Å². The Morgan fingerprint density at radius 3 is 2.71 bits per heavy atom. The maximum atomic E-state index is 11.7. The SMILES string of the molecule is CC(C)(C)OC(=O)N(Br)c1ccncc1C=O. The quantitative estimate of drug-likeness (QED) is 0.622. The molecule has 0 aliphatic carbocycles. The van der Waals surface area contributed by atoms with Crippen LogP contribution in [0.25, 0.3) is 0 Å². The standard InChI is InChI=1S/C11H13BrN2O3/c1-11(2,3)17-10(16)14(12)9-4-5-13-6-8(9)7-15/h4-7H,1-3H3. The van der Waals surface area contributed by atoms with Gasteiger partial charge >= 0.3 is 6.09 Å². The molecule has 0 aromatic carbocycles. The van der Waals surface area contributed by atoms with Crippen molar-refractivity contribution in [3.05, 3.63) is 24.0 Å². The summed E-state index contributed by atoms with van der Waals surface area (Å²) in [5, 5.41) is 0. The van der Waals surface area contributed by atoms with Crippen molar-refractivity contribution in [1.82, 2.24) is 4.98 Å². The zero-order valence-corrected chi connectivity index (χ0v) is 11.4. The number of carbonyl (C=O) groups is 2. The average molecular weight is 301 g/mol. The molecule has 1 aromatic rings. The van der Waals surface area contributed by atoms with E-state index < -0.39 is 11.7 Å². The molecule has 5 nitrogen and oxygen atoms in total. The first-order valence-electron chi connectivity index (χ1n) is 4.93. The predicted molar refractivity (Wildman–Crippen MR) is 67.3 cm³/mol. The fraction of sp³-hybridized carbons (Fsp3) is 0.364. The van der Waals surface area contributed by atoms with Crippen LogP contribution in [-0.4, -0.2) is 23.0 Å². The van der Waals surface area contributed by atoms with E-state index >= 15 is 0 Å². The molecular weight excluding hydrogens is 288 g/mol. The van der Waals surface area contributed by atoms with Gasteiger partial charge in [-0.05, 0) is 26.8 Å². The largest absolute Gasteiger partial charge is 0.443 e. The highest BCUT2D eigenvalue weighted by Gasteiger charge is 2.23. The maximum Gasteiger partial charge on any atom is 0.425 e. The smallest absolute Gasteiger partial charge is 0.425 e. The molecule has 0 bridgehead atoms. The normalized spacial score (nSPS) is 10.8. The zero-order valence-electron chi connectivity index (χ0n) is 9.81. The lowest BCUT2D eigenvalue weighted by atomic mass is 10.2. The first-order valence-corrected chi connectivity index (χ1v) is 5.64. The Balaban J connectivity index is 2.92. The molecule has 0 saturated heterocycles. The number of hydrogen-bond acceptors (Lipinski definition) is 4. The third kappa shape index (κ3) is 3.81. The molecule has 0 unspecified atom stereocenters. The third-order valence-corrected chi connectivity index (χ3v) is 2.39. The number of halogens is 1. The summed E-state index contributed by atoms with van der Waals surface area (Å²) < 4.78 is 6.26. The molecule has 17 heavy (non-hydrogen) atoms. The van der Waals surface area contributed by atoms with E-state index in [0.29, 0.717) is 17.5 Å². The molecule has 1 aromatic heterocycles. The summed E-state index contributed by atoms with van der Waals surface area (Å²) in [7, 11) is 0. The van der Waals surface area contributed by atoms with Gasteiger partial charge in [0.2, 0.25) is 0 Å². The third-order valence-electron chi connectivity index (χ3n) is 1.72. The van der Waals surface area contributed by atoms with Crippen molar-refractivity contribution < 1.29 is 14.3 Å². The molecule has 6 heteroatoms. The fourth-order valence-corrected chi connectivity index (χ4v) is 1.46. The summed E-state index contributed by atoms with van der Waals surface area (Å²) >= 11 is 3.07. The molecule has 92 valence electrons. The minimum Gasteiger partial charge on any atom is -0.443 e. The highest BCUT2D eigenvalue weighted by molar-refractivity contribution is 9.10. The molecule has 0 aliphatic rings.